The molecule has 3 heteroatoms. The lowest BCUT2D eigenvalue weighted by atomic mass is 10.00. The van der Waals surface area contributed by atoms with Crippen LogP contribution in [-0.2, 0) is 0 Å². The van der Waals surface area contributed by atoms with E-state index in [0.717, 1.165) is 37.4 Å². The van der Waals surface area contributed by atoms with E-state index in [-0.39, 0.29) is 0 Å². The number of fused-ring (bicyclic) bond motifs is 1. The minimum Gasteiger partial charge on any atom is -0.493 e. The number of ether oxygens (including phenoxy) is 1. The van der Waals surface area contributed by atoms with E-state index in [9.17, 15) is 0 Å². The summed E-state index contributed by atoms with van der Waals surface area (Å²) in [5, 5.41) is 0. The lowest BCUT2D eigenvalue weighted by Crippen LogP contribution is -2.38. The highest BCUT2D eigenvalue weighted by Crippen LogP contribution is 2.35. The van der Waals surface area contributed by atoms with Crippen molar-refractivity contribution in [2.75, 3.05) is 25.6 Å². The molecule has 0 bridgehead atoms. The summed E-state index contributed by atoms with van der Waals surface area (Å²) in [6.45, 7) is 2.92. The first kappa shape index (κ1) is 13.3. The summed E-state index contributed by atoms with van der Waals surface area (Å²) >= 11 is 5.99. The molecule has 19 heavy (non-hydrogen) atoms. The van der Waals surface area contributed by atoms with Crippen molar-refractivity contribution in [1.82, 2.24) is 4.90 Å². The molecule has 1 aliphatic carbocycles. The normalized spacial score (nSPS) is 22.7. The van der Waals surface area contributed by atoms with E-state index in [1.54, 1.807) is 0 Å². The van der Waals surface area contributed by atoms with Gasteiger partial charge in [-0.15, -0.1) is 11.6 Å². The molecule has 0 amide bonds. The summed E-state index contributed by atoms with van der Waals surface area (Å²) in [5.41, 5.74) is 1.38. The topological polar surface area (TPSA) is 12.5 Å². The molecule has 0 saturated heterocycles. The van der Waals surface area contributed by atoms with Gasteiger partial charge in [0.1, 0.15) is 5.75 Å². The Balaban J connectivity index is 1.69. The molecule has 0 radical (unpaired) electrons. The monoisotopic (exact) mass is 279 g/mol. The van der Waals surface area contributed by atoms with Gasteiger partial charge in [0.15, 0.2) is 0 Å². The Kier molecular flexibility index (Phi) is 4.29. The van der Waals surface area contributed by atoms with Gasteiger partial charge in [-0.25, -0.2) is 0 Å². The zero-order chi connectivity index (χ0) is 13.1. The SMILES string of the molecule is ClCCN(CC1COc2ccccc21)C1CCCC1. The molecule has 0 aromatic heterocycles. The Labute approximate surface area is 120 Å². The largest absolute Gasteiger partial charge is 0.493 e. The molecule has 1 atom stereocenters. The van der Waals surface area contributed by atoms with Crippen LogP contribution in [0.25, 0.3) is 0 Å². The van der Waals surface area contributed by atoms with E-state index < -0.39 is 0 Å². The highest BCUT2D eigenvalue weighted by Gasteiger charge is 2.29. The van der Waals surface area contributed by atoms with Crippen LogP contribution in [0.2, 0.25) is 0 Å². The predicted molar refractivity (Wildman–Crippen MR) is 79.2 cm³/mol. The van der Waals surface area contributed by atoms with Crippen molar-refractivity contribution in [1.29, 1.82) is 0 Å². The molecule has 104 valence electrons. The highest BCUT2D eigenvalue weighted by atomic mass is 35.5. The molecule has 2 aliphatic rings. The maximum atomic E-state index is 5.99. The Bertz CT molecular complexity index is 417. The average Bonchev–Trinajstić information content (AvgIpc) is 3.08. The maximum Gasteiger partial charge on any atom is 0.122 e. The second-order valence-corrected chi connectivity index (χ2v) is 6.05. The highest BCUT2D eigenvalue weighted by molar-refractivity contribution is 6.18. The second kappa shape index (κ2) is 6.15. The van der Waals surface area contributed by atoms with E-state index in [1.165, 1.54) is 31.2 Å². The first-order valence-electron chi connectivity index (χ1n) is 7.40. The number of halogens is 1. The third kappa shape index (κ3) is 2.90. The smallest absolute Gasteiger partial charge is 0.122 e. The van der Waals surface area contributed by atoms with E-state index >= 15 is 0 Å². The molecule has 0 N–H and O–H groups in total. The fourth-order valence-electron chi connectivity index (χ4n) is 3.46. The molecular weight excluding hydrogens is 258 g/mol. The fourth-order valence-corrected chi connectivity index (χ4v) is 3.68. The number of hydrogen-bond acceptors (Lipinski definition) is 2. The molecule has 1 aromatic carbocycles. The summed E-state index contributed by atoms with van der Waals surface area (Å²) in [4.78, 5) is 2.59. The van der Waals surface area contributed by atoms with Gasteiger partial charge in [-0.1, -0.05) is 31.0 Å². The molecule has 2 nitrogen and oxygen atoms in total. The number of benzene rings is 1. The summed E-state index contributed by atoms with van der Waals surface area (Å²) in [6.07, 6.45) is 5.43. The van der Waals surface area contributed by atoms with Gasteiger partial charge >= 0.3 is 0 Å². The number of para-hydroxylation sites is 1. The fraction of sp³-hybridized carbons (Fsp3) is 0.625. The molecule has 3 rings (SSSR count). The molecular formula is C16H22ClNO. The van der Waals surface area contributed by atoms with E-state index in [0.29, 0.717) is 5.92 Å². The summed E-state index contributed by atoms with van der Waals surface area (Å²) in [6, 6.07) is 9.19. The minimum atomic E-state index is 0.514. The van der Waals surface area contributed by atoms with Crippen molar-refractivity contribution in [2.24, 2.45) is 0 Å². The Hall–Kier alpha value is -0.730. The van der Waals surface area contributed by atoms with Crippen LogP contribution in [0.3, 0.4) is 0 Å². The van der Waals surface area contributed by atoms with Gasteiger partial charge in [-0.2, -0.15) is 0 Å². The van der Waals surface area contributed by atoms with Gasteiger partial charge in [0.05, 0.1) is 6.61 Å². The van der Waals surface area contributed by atoms with Crippen molar-refractivity contribution < 1.29 is 4.74 Å². The van der Waals surface area contributed by atoms with Crippen LogP contribution in [0.1, 0.15) is 37.2 Å². The quantitative estimate of drug-likeness (QED) is 0.763. The zero-order valence-corrected chi connectivity index (χ0v) is 12.1. The van der Waals surface area contributed by atoms with Crippen LogP contribution >= 0.6 is 11.6 Å². The Morgan fingerprint density at radius 3 is 2.79 bits per heavy atom. The predicted octanol–water partition coefficient (Wildman–Crippen LogP) is 3.65. The number of hydrogen-bond donors (Lipinski definition) is 0. The van der Waals surface area contributed by atoms with Crippen molar-refractivity contribution in [3.05, 3.63) is 29.8 Å². The van der Waals surface area contributed by atoms with Gasteiger partial charge in [0.25, 0.3) is 0 Å². The van der Waals surface area contributed by atoms with Gasteiger partial charge in [0.2, 0.25) is 0 Å². The maximum absolute atomic E-state index is 5.99. The Morgan fingerprint density at radius 2 is 2.00 bits per heavy atom. The van der Waals surface area contributed by atoms with Gasteiger partial charge in [-0.3, -0.25) is 4.90 Å². The van der Waals surface area contributed by atoms with Crippen LogP contribution in [0, 0.1) is 0 Å². The molecule has 1 saturated carbocycles. The van der Waals surface area contributed by atoms with Crippen molar-refractivity contribution in [3.8, 4) is 5.75 Å². The van der Waals surface area contributed by atoms with E-state index in [2.05, 4.69) is 29.2 Å². The number of alkyl halides is 1. The van der Waals surface area contributed by atoms with Crippen molar-refractivity contribution in [2.45, 2.75) is 37.6 Å². The molecule has 0 spiro atoms. The lowest BCUT2D eigenvalue weighted by molar-refractivity contribution is 0.185. The third-order valence-corrected chi connectivity index (χ3v) is 4.64. The van der Waals surface area contributed by atoms with Crippen LogP contribution in [-0.4, -0.2) is 36.5 Å². The molecule has 1 aliphatic heterocycles. The minimum absolute atomic E-state index is 0.514. The average molecular weight is 280 g/mol. The van der Waals surface area contributed by atoms with Gasteiger partial charge in [0, 0.05) is 36.5 Å². The second-order valence-electron chi connectivity index (χ2n) is 5.67. The number of nitrogens with zero attached hydrogens (tertiary/aromatic N) is 1. The zero-order valence-electron chi connectivity index (χ0n) is 11.4. The molecule has 1 aromatic rings. The molecule has 1 heterocycles. The standard InChI is InChI=1S/C16H22ClNO/c17-9-10-18(14-5-1-2-6-14)11-13-12-19-16-8-4-3-7-15(13)16/h3-4,7-8,13-14H,1-2,5-6,9-12H2. The van der Waals surface area contributed by atoms with Crippen molar-refractivity contribution >= 4 is 11.6 Å². The van der Waals surface area contributed by atoms with Crippen molar-refractivity contribution in [3.63, 3.8) is 0 Å². The van der Waals surface area contributed by atoms with Gasteiger partial charge in [-0.05, 0) is 18.9 Å². The van der Waals surface area contributed by atoms with E-state index in [1.807, 2.05) is 0 Å². The summed E-state index contributed by atoms with van der Waals surface area (Å²) in [7, 11) is 0. The van der Waals surface area contributed by atoms with Crippen LogP contribution in [0.15, 0.2) is 24.3 Å². The Morgan fingerprint density at radius 1 is 1.21 bits per heavy atom. The first-order valence-corrected chi connectivity index (χ1v) is 7.93. The lowest BCUT2D eigenvalue weighted by Gasteiger charge is -2.30. The third-order valence-electron chi connectivity index (χ3n) is 4.47. The van der Waals surface area contributed by atoms with Crippen LogP contribution in [0.4, 0.5) is 0 Å². The number of rotatable bonds is 5. The van der Waals surface area contributed by atoms with Crippen LogP contribution in [0.5, 0.6) is 5.75 Å². The first-order chi connectivity index (χ1) is 9.38. The van der Waals surface area contributed by atoms with Gasteiger partial charge < -0.3 is 4.74 Å². The summed E-state index contributed by atoms with van der Waals surface area (Å²) < 4.78 is 5.79. The van der Waals surface area contributed by atoms with Crippen LogP contribution < -0.4 is 4.74 Å². The summed E-state index contributed by atoms with van der Waals surface area (Å²) in [5.74, 6) is 2.32. The van der Waals surface area contributed by atoms with E-state index in [4.69, 9.17) is 16.3 Å². The molecule has 1 unspecified atom stereocenters. The molecule has 1 fully saturated rings.